The molecule has 0 bridgehead atoms. The summed E-state index contributed by atoms with van der Waals surface area (Å²) in [4.78, 5) is 0. The summed E-state index contributed by atoms with van der Waals surface area (Å²) in [6.45, 7) is 2.07. The van der Waals surface area contributed by atoms with Gasteiger partial charge in [0, 0.05) is 12.5 Å². The highest BCUT2D eigenvalue weighted by molar-refractivity contribution is 6.28. The van der Waals surface area contributed by atoms with Crippen molar-refractivity contribution >= 4 is 11.6 Å². The smallest absolute Gasteiger partial charge is 0.225 e. The van der Waals surface area contributed by atoms with Crippen LogP contribution in [0, 0.1) is 0 Å². The molecule has 11 heavy (non-hydrogen) atoms. The van der Waals surface area contributed by atoms with Gasteiger partial charge in [-0.15, -0.1) is 10.2 Å². The van der Waals surface area contributed by atoms with Gasteiger partial charge in [0.15, 0.2) is 0 Å². The number of nitrogens with zero attached hydrogens (tertiary/aromatic N) is 3. The van der Waals surface area contributed by atoms with Crippen molar-refractivity contribution in [3.8, 4) is 0 Å². The molecule has 1 aliphatic rings. The van der Waals surface area contributed by atoms with Crippen LogP contribution in [0.15, 0.2) is 0 Å². The molecule has 0 N–H and O–H groups in total. The standard InChI is InChI=1S/C7H10ClN3/c1-2-6-9-10-7(8)11(6)5-3-4-5/h5H,2-4H2,1H3. The zero-order valence-electron chi connectivity index (χ0n) is 6.42. The highest BCUT2D eigenvalue weighted by atomic mass is 35.5. The zero-order chi connectivity index (χ0) is 7.84. The van der Waals surface area contributed by atoms with Crippen molar-refractivity contribution in [1.29, 1.82) is 0 Å². The van der Waals surface area contributed by atoms with Crippen molar-refractivity contribution < 1.29 is 0 Å². The van der Waals surface area contributed by atoms with Crippen molar-refractivity contribution in [3.63, 3.8) is 0 Å². The Kier molecular flexibility index (Phi) is 1.60. The Morgan fingerprint density at radius 2 is 2.27 bits per heavy atom. The second-order valence-electron chi connectivity index (χ2n) is 2.84. The fourth-order valence-electron chi connectivity index (χ4n) is 1.24. The van der Waals surface area contributed by atoms with E-state index in [1.165, 1.54) is 12.8 Å². The lowest BCUT2D eigenvalue weighted by atomic mass is 10.4. The zero-order valence-corrected chi connectivity index (χ0v) is 7.17. The normalized spacial score (nSPS) is 17.3. The maximum absolute atomic E-state index is 5.85. The molecular formula is C7H10ClN3. The van der Waals surface area contributed by atoms with Gasteiger partial charge >= 0.3 is 0 Å². The molecule has 1 heterocycles. The lowest BCUT2D eigenvalue weighted by molar-refractivity contribution is 0.688. The third kappa shape index (κ3) is 1.13. The summed E-state index contributed by atoms with van der Waals surface area (Å²) < 4.78 is 2.04. The quantitative estimate of drug-likeness (QED) is 0.680. The lowest BCUT2D eigenvalue weighted by Crippen LogP contribution is -1.99. The Morgan fingerprint density at radius 1 is 1.55 bits per heavy atom. The fourth-order valence-corrected chi connectivity index (χ4v) is 1.51. The molecule has 0 spiro atoms. The summed E-state index contributed by atoms with van der Waals surface area (Å²) in [5.74, 6) is 1.01. The first-order chi connectivity index (χ1) is 5.33. The molecule has 0 radical (unpaired) electrons. The van der Waals surface area contributed by atoms with E-state index in [2.05, 4.69) is 17.1 Å². The molecule has 0 atom stereocenters. The highest BCUT2D eigenvalue weighted by Gasteiger charge is 2.28. The monoisotopic (exact) mass is 171 g/mol. The Morgan fingerprint density at radius 3 is 2.82 bits per heavy atom. The molecule has 3 nitrogen and oxygen atoms in total. The maximum atomic E-state index is 5.85. The summed E-state index contributed by atoms with van der Waals surface area (Å²) in [6.07, 6.45) is 3.37. The molecule has 0 unspecified atom stereocenters. The van der Waals surface area contributed by atoms with Crippen LogP contribution >= 0.6 is 11.6 Å². The van der Waals surface area contributed by atoms with Gasteiger partial charge in [-0.25, -0.2) is 0 Å². The molecule has 1 fully saturated rings. The van der Waals surface area contributed by atoms with Crippen LogP contribution in [0.25, 0.3) is 0 Å². The molecule has 1 aliphatic carbocycles. The van der Waals surface area contributed by atoms with Gasteiger partial charge in [-0.05, 0) is 24.4 Å². The van der Waals surface area contributed by atoms with Crippen LogP contribution in [0.5, 0.6) is 0 Å². The molecule has 0 amide bonds. The van der Waals surface area contributed by atoms with Gasteiger partial charge in [-0.2, -0.15) is 0 Å². The molecule has 1 saturated carbocycles. The Hall–Kier alpha value is -0.570. The molecule has 2 rings (SSSR count). The molecule has 60 valence electrons. The Labute approximate surface area is 70.4 Å². The number of rotatable bonds is 2. The fraction of sp³-hybridized carbons (Fsp3) is 0.714. The van der Waals surface area contributed by atoms with E-state index >= 15 is 0 Å². The number of aromatic nitrogens is 3. The summed E-state index contributed by atoms with van der Waals surface area (Å²) in [5.41, 5.74) is 0. The minimum atomic E-state index is 0.546. The van der Waals surface area contributed by atoms with E-state index in [4.69, 9.17) is 11.6 Å². The Bertz CT molecular complexity index is 265. The van der Waals surface area contributed by atoms with E-state index < -0.39 is 0 Å². The molecular weight excluding hydrogens is 162 g/mol. The molecule has 0 saturated heterocycles. The number of hydrogen-bond acceptors (Lipinski definition) is 2. The van der Waals surface area contributed by atoms with Crippen LogP contribution in [0.3, 0.4) is 0 Å². The second-order valence-corrected chi connectivity index (χ2v) is 3.18. The minimum Gasteiger partial charge on any atom is -0.299 e. The van der Waals surface area contributed by atoms with Gasteiger partial charge in [0.2, 0.25) is 5.28 Å². The predicted octanol–water partition coefficient (Wildman–Crippen LogP) is 1.83. The van der Waals surface area contributed by atoms with Gasteiger partial charge in [0.05, 0.1) is 0 Å². The average Bonchev–Trinajstić information content (AvgIpc) is 2.76. The van der Waals surface area contributed by atoms with E-state index in [1.807, 2.05) is 4.57 Å². The first-order valence-corrected chi connectivity index (χ1v) is 4.30. The van der Waals surface area contributed by atoms with E-state index in [9.17, 15) is 0 Å². The minimum absolute atomic E-state index is 0.546. The van der Waals surface area contributed by atoms with Crippen LogP contribution in [0.4, 0.5) is 0 Å². The Balaban J connectivity index is 2.38. The van der Waals surface area contributed by atoms with Gasteiger partial charge in [-0.3, -0.25) is 4.57 Å². The summed E-state index contributed by atoms with van der Waals surface area (Å²) in [7, 11) is 0. The van der Waals surface area contributed by atoms with Crippen LogP contribution in [-0.4, -0.2) is 14.8 Å². The first kappa shape index (κ1) is 7.10. The maximum Gasteiger partial charge on any atom is 0.225 e. The number of hydrogen-bond donors (Lipinski definition) is 0. The SMILES string of the molecule is CCc1nnc(Cl)n1C1CC1. The van der Waals surface area contributed by atoms with Crippen molar-refractivity contribution in [3.05, 3.63) is 11.1 Å². The largest absolute Gasteiger partial charge is 0.299 e. The van der Waals surface area contributed by atoms with Crippen molar-refractivity contribution in [2.24, 2.45) is 0 Å². The third-order valence-electron chi connectivity index (χ3n) is 1.95. The van der Waals surface area contributed by atoms with Gasteiger partial charge in [0.1, 0.15) is 5.82 Å². The van der Waals surface area contributed by atoms with Gasteiger partial charge in [-0.1, -0.05) is 6.92 Å². The molecule has 4 heteroatoms. The van der Waals surface area contributed by atoms with Gasteiger partial charge in [0.25, 0.3) is 0 Å². The van der Waals surface area contributed by atoms with Crippen molar-refractivity contribution in [2.45, 2.75) is 32.2 Å². The van der Waals surface area contributed by atoms with Crippen LogP contribution in [0.2, 0.25) is 5.28 Å². The third-order valence-corrected chi connectivity index (χ3v) is 2.21. The van der Waals surface area contributed by atoms with E-state index in [1.54, 1.807) is 0 Å². The topological polar surface area (TPSA) is 30.7 Å². The van der Waals surface area contributed by atoms with Crippen molar-refractivity contribution in [1.82, 2.24) is 14.8 Å². The van der Waals surface area contributed by atoms with Gasteiger partial charge < -0.3 is 0 Å². The summed E-state index contributed by atoms with van der Waals surface area (Å²) in [5, 5.41) is 8.35. The number of aryl methyl sites for hydroxylation is 1. The molecule has 1 aromatic rings. The average molecular weight is 172 g/mol. The highest BCUT2D eigenvalue weighted by Crippen LogP contribution is 2.37. The first-order valence-electron chi connectivity index (χ1n) is 3.92. The molecule has 1 aromatic heterocycles. The van der Waals surface area contributed by atoms with Crippen molar-refractivity contribution in [2.75, 3.05) is 0 Å². The van der Waals surface area contributed by atoms with E-state index in [-0.39, 0.29) is 0 Å². The summed E-state index contributed by atoms with van der Waals surface area (Å²) in [6, 6.07) is 0.590. The lowest BCUT2D eigenvalue weighted by Gasteiger charge is -2.01. The second kappa shape index (κ2) is 2.48. The van der Waals surface area contributed by atoms with Crippen LogP contribution < -0.4 is 0 Å². The van der Waals surface area contributed by atoms with E-state index in [0.29, 0.717) is 11.3 Å². The van der Waals surface area contributed by atoms with E-state index in [0.717, 1.165) is 12.2 Å². The predicted molar refractivity (Wildman–Crippen MR) is 42.7 cm³/mol. The summed E-state index contributed by atoms with van der Waals surface area (Å²) >= 11 is 5.85. The number of halogens is 1. The van der Waals surface area contributed by atoms with Crippen LogP contribution in [-0.2, 0) is 6.42 Å². The molecule has 0 aromatic carbocycles. The molecule has 0 aliphatic heterocycles. The van der Waals surface area contributed by atoms with Crippen LogP contribution in [0.1, 0.15) is 31.6 Å².